The number of imide groups is 5. The highest BCUT2D eigenvalue weighted by Gasteiger charge is 2.58. The van der Waals surface area contributed by atoms with E-state index in [0.29, 0.717) is 0 Å². The maximum absolute atomic E-state index is 13.8. The van der Waals surface area contributed by atoms with Gasteiger partial charge in [-0.2, -0.15) is 0 Å². The number of carbonyl (C=O) groups excluding carboxylic acids is 10. The summed E-state index contributed by atoms with van der Waals surface area (Å²) < 4.78 is 0. The fourth-order valence-corrected chi connectivity index (χ4v) is 8.09. The molecule has 17 nitrogen and oxygen atoms in total. The first kappa shape index (κ1) is 35.9. The Hall–Kier alpha value is -4.38. The molecule has 17 heteroatoms. The van der Waals surface area contributed by atoms with Gasteiger partial charge in [-0.25, -0.2) is 0 Å². The average Bonchev–Trinajstić information content (AvgIpc) is 3.64. The van der Waals surface area contributed by atoms with Crippen LogP contribution in [0.1, 0.15) is 48.5 Å². The van der Waals surface area contributed by atoms with Crippen LogP contribution in [0.2, 0.25) is 0 Å². The van der Waals surface area contributed by atoms with Gasteiger partial charge < -0.3 is 0 Å². The van der Waals surface area contributed by atoms with E-state index in [-0.39, 0.29) is 12.5 Å². The monoisotopic (exact) mass is 685 g/mol. The predicted octanol–water partition coefficient (Wildman–Crippen LogP) is -2.08. The predicted molar refractivity (Wildman–Crippen MR) is 165 cm³/mol. The van der Waals surface area contributed by atoms with Crippen LogP contribution in [-0.2, 0) is 47.9 Å². The summed E-state index contributed by atoms with van der Waals surface area (Å²) in [6.45, 7) is 9.77. The van der Waals surface area contributed by atoms with Gasteiger partial charge in [0.1, 0.15) is 37.5 Å². The lowest BCUT2D eigenvalue weighted by atomic mass is 9.97. The lowest BCUT2D eigenvalue weighted by molar-refractivity contribution is -0.151. The molecule has 5 heterocycles. The summed E-state index contributed by atoms with van der Waals surface area (Å²) in [5, 5.41) is 0. The average molecular weight is 686 g/mol. The Kier molecular flexibility index (Phi) is 9.16. The normalized spacial score (nSPS) is 35.9. The van der Waals surface area contributed by atoms with E-state index in [1.165, 1.54) is 44.7 Å². The Balaban J connectivity index is 1.32. The fraction of sp³-hybridized carbons (Fsp3) is 0.688. The second-order valence-electron chi connectivity index (χ2n) is 14.0. The van der Waals surface area contributed by atoms with E-state index in [4.69, 9.17) is 0 Å². The number of likely N-dealkylation sites (tertiary alicyclic amines) is 5. The zero-order valence-electron chi connectivity index (χ0n) is 29.1. The van der Waals surface area contributed by atoms with E-state index in [1.807, 2.05) is 0 Å². The third-order valence-corrected chi connectivity index (χ3v) is 11.3. The third-order valence-electron chi connectivity index (χ3n) is 11.3. The Morgan fingerprint density at radius 1 is 0.367 bits per heavy atom. The van der Waals surface area contributed by atoms with Crippen molar-refractivity contribution < 1.29 is 47.9 Å². The minimum absolute atomic E-state index is 0.159. The summed E-state index contributed by atoms with van der Waals surface area (Å²) in [4.78, 5) is 139. The first-order chi connectivity index (χ1) is 22.8. The third kappa shape index (κ3) is 5.11. The van der Waals surface area contributed by atoms with Crippen molar-refractivity contribution in [2.75, 3.05) is 34.0 Å². The second-order valence-corrected chi connectivity index (χ2v) is 14.0. The number of likely N-dealkylation sites (N-methyl/N-ethyl adjacent to an activating group) is 3. The van der Waals surface area contributed by atoms with Crippen LogP contribution in [0.5, 0.6) is 0 Å². The molecule has 5 saturated heterocycles. The van der Waals surface area contributed by atoms with Gasteiger partial charge in [-0.15, -0.1) is 0 Å². The molecule has 0 bridgehead atoms. The van der Waals surface area contributed by atoms with E-state index in [1.54, 1.807) is 27.7 Å². The highest BCUT2D eigenvalue weighted by Crippen LogP contribution is 2.35. The lowest BCUT2D eigenvalue weighted by Crippen LogP contribution is -2.53. The van der Waals surface area contributed by atoms with Crippen molar-refractivity contribution in [2.24, 2.45) is 35.5 Å². The minimum Gasteiger partial charge on any atom is -0.282 e. The van der Waals surface area contributed by atoms with Crippen molar-refractivity contribution in [3.63, 3.8) is 0 Å². The Morgan fingerprint density at radius 2 is 0.571 bits per heavy atom. The van der Waals surface area contributed by atoms with Crippen molar-refractivity contribution in [3.8, 4) is 0 Å². The number of nitrogens with zero attached hydrogens (tertiary/aromatic N) is 7. The number of hydrogen-bond donors (Lipinski definition) is 0. The maximum Gasteiger partial charge on any atom is 0.248 e. The van der Waals surface area contributed by atoms with Gasteiger partial charge in [0, 0.05) is 18.4 Å². The van der Waals surface area contributed by atoms with Crippen LogP contribution in [-0.4, -0.2) is 152 Å². The summed E-state index contributed by atoms with van der Waals surface area (Å²) >= 11 is 0. The van der Waals surface area contributed by atoms with E-state index < -0.39 is 126 Å². The van der Waals surface area contributed by atoms with Gasteiger partial charge in [0.15, 0.2) is 0 Å². The van der Waals surface area contributed by atoms with Crippen LogP contribution in [0.3, 0.4) is 0 Å². The van der Waals surface area contributed by atoms with Crippen LogP contribution < -0.4 is 0 Å². The quantitative estimate of drug-likeness (QED) is 0.241. The van der Waals surface area contributed by atoms with Gasteiger partial charge in [-0.1, -0.05) is 41.5 Å². The molecule has 5 aliphatic heterocycles. The molecule has 10 atom stereocenters. The standard InChI is InChI=1S/C32H43N7O10/c1-10-35-25(42)15(4)19(29(35)46)33(8)20-16(5)27(44)38(31(20)48)12-39-28(45)18(7)22(32(39)49)34(9)21-17(6)26(43)37(30(21)47)11-36-23(40)13(2)14(3)24(36)41/h13-22H,10-12H2,1-9H3. The molecule has 10 unspecified atom stereocenters. The van der Waals surface area contributed by atoms with Crippen LogP contribution in [0.25, 0.3) is 0 Å². The van der Waals surface area contributed by atoms with Gasteiger partial charge in [0.05, 0.1) is 23.7 Å². The van der Waals surface area contributed by atoms with E-state index in [0.717, 1.165) is 24.5 Å². The van der Waals surface area contributed by atoms with E-state index in [9.17, 15) is 47.9 Å². The van der Waals surface area contributed by atoms with Gasteiger partial charge in [0.2, 0.25) is 59.1 Å². The molecule has 0 aliphatic carbocycles. The highest BCUT2D eigenvalue weighted by atomic mass is 16.2. The zero-order chi connectivity index (χ0) is 36.7. The Bertz CT molecular complexity index is 1560. The molecule has 266 valence electrons. The summed E-state index contributed by atoms with van der Waals surface area (Å²) in [7, 11) is 2.91. The highest BCUT2D eigenvalue weighted by molar-refractivity contribution is 6.12. The first-order valence-corrected chi connectivity index (χ1v) is 16.5. The molecule has 0 radical (unpaired) electrons. The maximum atomic E-state index is 13.8. The van der Waals surface area contributed by atoms with E-state index >= 15 is 0 Å². The second kappa shape index (κ2) is 12.5. The van der Waals surface area contributed by atoms with Gasteiger partial charge in [0.25, 0.3) is 0 Å². The summed E-state index contributed by atoms with van der Waals surface area (Å²) in [5.41, 5.74) is 0. The minimum atomic E-state index is -1.24. The van der Waals surface area contributed by atoms with Gasteiger partial charge in [-0.3, -0.25) is 82.2 Å². The largest absolute Gasteiger partial charge is 0.282 e. The Labute approximate surface area is 283 Å². The fourth-order valence-electron chi connectivity index (χ4n) is 8.09. The van der Waals surface area contributed by atoms with Crippen LogP contribution in [0, 0.1) is 35.5 Å². The molecule has 0 spiro atoms. The topological polar surface area (TPSA) is 193 Å². The lowest BCUT2D eigenvalue weighted by Gasteiger charge is -2.31. The van der Waals surface area contributed by atoms with Crippen molar-refractivity contribution in [1.29, 1.82) is 0 Å². The van der Waals surface area contributed by atoms with Gasteiger partial charge in [-0.05, 0) is 21.0 Å². The number of amides is 10. The molecule has 49 heavy (non-hydrogen) atoms. The number of carbonyl (C=O) groups is 10. The van der Waals surface area contributed by atoms with Crippen LogP contribution >= 0.6 is 0 Å². The molecular weight excluding hydrogens is 642 g/mol. The summed E-state index contributed by atoms with van der Waals surface area (Å²) in [6.07, 6.45) is 0. The summed E-state index contributed by atoms with van der Waals surface area (Å²) in [6, 6.07) is -4.56. The SMILES string of the molecule is CCN1C(=O)C(C)C(N(C)C2C(=O)N(CN3C(=O)C(C)C(N(C)C4C(=O)N(CN5C(=O)C(C)C(C)C5=O)C(=O)C4C)C3=O)C(=O)C2C)C1=O. The number of rotatable bonds is 9. The van der Waals surface area contributed by atoms with Crippen LogP contribution in [0.4, 0.5) is 0 Å². The molecule has 0 saturated carbocycles. The molecule has 0 N–H and O–H groups in total. The molecule has 0 aromatic heterocycles. The molecule has 0 aromatic carbocycles. The molecule has 0 aromatic rings. The molecular formula is C32H43N7O10. The van der Waals surface area contributed by atoms with Crippen molar-refractivity contribution >= 4 is 59.1 Å². The number of hydrogen-bond acceptors (Lipinski definition) is 12. The molecule has 5 fully saturated rings. The summed E-state index contributed by atoms with van der Waals surface area (Å²) in [5.74, 6) is -11.1. The zero-order valence-corrected chi connectivity index (χ0v) is 29.1. The Morgan fingerprint density at radius 3 is 0.816 bits per heavy atom. The molecule has 5 rings (SSSR count). The van der Waals surface area contributed by atoms with Crippen molar-refractivity contribution in [2.45, 2.75) is 72.6 Å². The first-order valence-electron chi connectivity index (χ1n) is 16.5. The smallest absolute Gasteiger partial charge is 0.248 e. The van der Waals surface area contributed by atoms with Crippen LogP contribution in [0.15, 0.2) is 0 Å². The van der Waals surface area contributed by atoms with Gasteiger partial charge >= 0.3 is 0 Å². The molecule has 5 aliphatic rings. The van der Waals surface area contributed by atoms with Crippen molar-refractivity contribution in [3.05, 3.63) is 0 Å². The van der Waals surface area contributed by atoms with E-state index in [2.05, 4.69) is 0 Å². The van der Waals surface area contributed by atoms with Crippen molar-refractivity contribution in [1.82, 2.24) is 34.3 Å². The molecule has 10 amide bonds.